The van der Waals surface area contributed by atoms with Crippen LogP contribution in [0.25, 0.3) is 21.9 Å². The molecule has 0 radical (unpaired) electrons. The summed E-state index contributed by atoms with van der Waals surface area (Å²) in [5.41, 5.74) is 0.323. The molecule has 13 heteroatoms. The Kier molecular flexibility index (Phi) is 7.70. The molecule has 38 heavy (non-hydrogen) atoms. The standard InChI is InChI=1S/C25H29ClN5O6P/c26-24-29-21(27-13-16-8-9-17-6-2-3-7-18(17)12-16)19-22(30-24)31(15-28-19)23-20(32)25(33,14-37-23)10-4-1-5-11-38(34,35)36/h2-3,6-9,12,15,20,23,32-33H,1,4-5,10-11,13-14H2,(H,27,29,30)(H2,34,35,36)/t20?,23-,25?/m1/s1. The highest BCUT2D eigenvalue weighted by Crippen LogP contribution is 2.39. The second kappa shape index (κ2) is 10.9. The zero-order chi connectivity index (χ0) is 26.9. The van der Waals surface area contributed by atoms with Crippen molar-refractivity contribution in [1.82, 2.24) is 19.5 Å². The normalized spacial score (nSPS) is 21.9. The van der Waals surface area contributed by atoms with Gasteiger partial charge in [-0.2, -0.15) is 9.97 Å². The van der Waals surface area contributed by atoms with E-state index in [2.05, 4.69) is 44.5 Å². The number of fused-ring (bicyclic) bond motifs is 2. The molecule has 2 unspecified atom stereocenters. The smallest absolute Gasteiger partial charge is 0.325 e. The molecule has 1 aliphatic heterocycles. The van der Waals surface area contributed by atoms with Crippen LogP contribution in [-0.2, 0) is 15.8 Å². The van der Waals surface area contributed by atoms with E-state index in [-0.39, 0.29) is 24.5 Å². The van der Waals surface area contributed by atoms with E-state index >= 15 is 0 Å². The minimum Gasteiger partial charge on any atom is -0.385 e. The first-order chi connectivity index (χ1) is 18.1. The fourth-order valence-electron chi connectivity index (χ4n) is 4.78. The van der Waals surface area contributed by atoms with Gasteiger partial charge in [-0.1, -0.05) is 49.2 Å². The van der Waals surface area contributed by atoms with Gasteiger partial charge < -0.3 is 30.1 Å². The number of imidazole rings is 1. The fraction of sp³-hybridized carbons (Fsp3) is 0.400. The number of nitrogens with one attached hydrogen (secondary N) is 1. The average Bonchev–Trinajstić information content (AvgIpc) is 3.42. The summed E-state index contributed by atoms with van der Waals surface area (Å²) in [4.78, 5) is 31.0. The number of aliphatic hydroxyl groups is 2. The minimum atomic E-state index is -4.04. The van der Waals surface area contributed by atoms with E-state index < -0.39 is 25.5 Å². The quantitative estimate of drug-likeness (QED) is 0.110. The van der Waals surface area contributed by atoms with Crippen LogP contribution >= 0.6 is 19.2 Å². The number of ether oxygens (including phenoxy) is 1. The van der Waals surface area contributed by atoms with Crippen molar-refractivity contribution in [2.75, 3.05) is 18.1 Å². The summed E-state index contributed by atoms with van der Waals surface area (Å²) in [5.74, 6) is 0.430. The van der Waals surface area contributed by atoms with E-state index in [0.29, 0.717) is 42.8 Å². The second-order valence-corrected chi connectivity index (χ2v) is 11.8. The number of nitrogens with zero attached hydrogens (tertiary/aromatic N) is 4. The topological polar surface area (TPSA) is 163 Å². The molecule has 1 aliphatic rings. The maximum absolute atomic E-state index is 11.0. The summed E-state index contributed by atoms with van der Waals surface area (Å²) in [6.07, 6.45) is 0.578. The van der Waals surface area contributed by atoms with Crippen LogP contribution in [0.2, 0.25) is 5.28 Å². The van der Waals surface area contributed by atoms with Crippen molar-refractivity contribution in [3.8, 4) is 0 Å². The molecular weight excluding hydrogens is 533 g/mol. The van der Waals surface area contributed by atoms with E-state index in [1.807, 2.05) is 18.2 Å². The summed E-state index contributed by atoms with van der Waals surface area (Å²) < 4.78 is 18.3. The monoisotopic (exact) mass is 561 g/mol. The minimum absolute atomic E-state index is 0.00642. The average molecular weight is 562 g/mol. The molecule has 1 saturated heterocycles. The van der Waals surface area contributed by atoms with E-state index in [1.165, 1.54) is 10.9 Å². The lowest BCUT2D eigenvalue weighted by Crippen LogP contribution is -2.42. The van der Waals surface area contributed by atoms with E-state index in [4.69, 9.17) is 26.1 Å². The Balaban J connectivity index is 1.29. The van der Waals surface area contributed by atoms with Gasteiger partial charge in [0, 0.05) is 12.7 Å². The largest absolute Gasteiger partial charge is 0.385 e. The van der Waals surface area contributed by atoms with Gasteiger partial charge in [-0.25, -0.2) is 4.98 Å². The van der Waals surface area contributed by atoms with Crippen LogP contribution in [0.15, 0.2) is 48.8 Å². The number of unbranched alkanes of at least 4 members (excludes halogenated alkanes) is 2. The highest BCUT2D eigenvalue weighted by atomic mass is 35.5. The predicted octanol–water partition coefficient (Wildman–Crippen LogP) is 3.60. The summed E-state index contributed by atoms with van der Waals surface area (Å²) in [5, 5.41) is 27.5. The van der Waals surface area contributed by atoms with Gasteiger partial charge in [-0.3, -0.25) is 9.13 Å². The Bertz CT molecular complexity index is 1500. The SMILES string of the molecule is O=P(O)(O)CCCCCC1(O)CO[C@@H](n2cnc3c(NCc4ccc5ccccc5c4)nc(Cl)nc32)C1O. The lowest BCUT2D eigenvalue weighted by atomic mass is 9.92. The number of halogens is 1. The Morgan fingerprint density at radius 2 is 1.92 bits per heavy atom. The highest BCUT2D eigenvalue weighted by Gasteiger charge is 2.48. The molecule has 1 fully saturated rings. The number of hydrogen-bond donors (Lipinski definition) is 5. The molecule has 4 aromatic rings. The summed E-state index contributed by atoms with van der Waals surface area (Å²) in [6.45, 7) is 0.368. The molecule has 0 bridgehead atoms. The molecule has 2 aromatic carbocycles. The third-order valence-corrected chi connectivity index (χ3v) is 7.89. The highest BCUT2D eigenvalue weighted by molar-refractivity contribution is 7.51. The van der Waals surface area contributed by atoms with Crippen molar-refractivity contribution < 1.29 is 29.3 Å². The molecule has 0 aliphatic carbocycles. The van der Waals surface area contributed by atoms with Crippen LogP contribution in [0.4, 0.5) is 5.82 Å². The van der Waals surface area contributed by atoms with Gasteiger partial charge in [0.25, 0.3) is 0 Å². The Morgan fingerprint density at radius 1 is 1.13 bits per heavy atom. The second-order valence-electron chi connectivity index (χ2n) is 9.65. The molecule has 0 saturated carbocycles. The molecule has 0 amide bonds. The Hall–Kier alpha value is -2.63. The number of hydrogen-bond acceptors (Lipinski definition) is 8. The van der Waals surface area contributed by atoms with Crippen molar-refractivity contribution in [3.63, 3.8) is 0 Å². The zero-order valence-electron chi connectivity index (χ0n) is 20.4. The number of benzene rings is 2. The van der Waals surface area contributed by atoms with Gasteiger partial charge in [-0.05, 0) is 46.8 Å². The van der Waals surface area contributed by atoms with Crippen LogP contribution in [0.1, 0.15) is 37.5 Å². The van der Waals surface area contributed by atoms with Crippen molar-refractivity contribution in [2.45, 2.75) is 50.2 Å². The van der Waals surface area contributed by atoms with Gasteiger partial charge in [0.05, 0.1) is 12.9 Å². The molecule has 0 spiro atoms. The maximum Gasteiger partial charge on any atom is 0.325 e. The van der Waals surface area contributed by atoms with Crippen LogP contribution < -0.4 is 5.32 Å². The first-order valence-electron chi connectivity index (χ1n) is 12.3. The maximum atomic E-state index is 11.0. The van der Waals surface area contributed by atoms with Crippen LogP contribution in [-0.4, -0.2) is 64.0 Å². The molecule has 5 N–H and O–H groups in total. The van der Waals surface area contributed by atoms with Gasteiger partial charge in [-0.15, -0.1) is 0 Å². The molecule has 5 rings (SSSR count). The van der Waals surface area contributed by atoms with Gasteiger partial charge in [0.1, 0.15) is 11.7 Å². The first-order valence-corrected chi connectivity index (χ1v) is 14.5. The van der Waals surface area contributed by atoms with E-state index in [1.54, 1.807) is 0 Å². The third kappa shape index (κ3) is 5.84. The van der Waals surface area contributed by atoms with Gasteiger partial charge >= 0.3 is 7.60 Å². The zero-order valence-corrected chi connectivity index (χ0v) is 22.1. The summed E-state index contributed by atoms with van der Waals surface area (Å²) in [6, 6.07) is 14.3. The lowest BCUT2D eigenvalue weighted by Gasteiger charge is -2.26. The number of aromatic nitrogens is 4. The Morgan fingerprint density at radius 3 is 2.71 bits per heavy atom. The van der Waals surface area contributed by atoms with Crippen molar-refractivity contribution in [3.05, 3.63) is 59.6 Å². The van der Waals surface area contributed by atoms with E-state index in [9.17, 15) is 14.8 Å². The molecule has 2 aromatic heterocycles. The van der Waals surface area contributed by atoms with Crippen molar-refractivity contribution in [1.29, 1.82) is 0 Å². The number of rotatable bonds is 10. The lowest BCUT2D eigenvalue weighted by molar-refractivity contribution is -0.0656. The number of anilines is 1. The molecule has 3 atom stereocenters. The molecule has 3 heterocycles. The fourth-order valence-corrected chi connectivity index (χ4v) is 5.58. The predicted molar refractivity (Wildman–Crippen MR) is 143 cm³/mol. The summed E-state index contributed by atoms with van der Waals surface area (Å²) >= 11 is 6.23. The van der Waals surface area contributed by atoms with Crippen LogP contribution in [0.5, 0.6) is 0 Å². The molecular formula is C25H29ClN5O6P. The van der Waals surface area contributed by atoms with Crippen LogP contribution in [0, 0.1) is 0 Å². The van der Waals surface area contributed by atoms with Crippen molar-refractivity contribution >= 4 is 47.0 Å². The van der Waals surface area contributed by atoms with Crippen LogP contribution in [0.3, 0.4) is 0 Å². The Labute approximate surface area is 223 Å². The first kappa shape index (κ1) is 27.0. The van der Waals surface area contributed by atoms with Gasteiger partial charge in [0.2, 0.25) is 5.28 Å². The molecule has 202 valence electrons. The van der Waals surface area contributed by atoms with Crippen molar-refractivity contribution in [2.24, 2.45) is 0 Å². The number of aliphatic hydroxyl groups excluding tert-OH is 1. The summed E-state index contributed by atoms with van der Waals surface area (Å²) in [7, 11) is -4.04. The van der Waals surface area contributed by atoms with E-state index in [0.717, 1.165) is 16.3 Å². The van der Waals surface area contributed by atoms with Gasteiger partial charge in [0.15, 0.2) is 23.2 Å². The third-order valence-electron chi connectivity index (χ3n) is 6.83. The molecule has 11 nitrogen and oxygen atoms in total.